The van der Waals surface area contributed by atoms with Crippen LogP contribution in [0.4, 0.5) is 11.4 Å². The van der Waals surface area contributed by atoms with Crippen LogP contribution >= 0.6 is 25.1 Å². The van der Waals surface area contributed by atoms with Crippen LogP contribution in [0, 0.1) is 0 Å². The van der Waals surface area contributed by atoms with E-state index >= 15 is 0 Å². The molecule has 0 amide bonds. The summed E-state index contributed by atoms with van der Waals surface area (Å²) in [5, 5.41) is 2.81. The molecule has 2 nitrogen and oxygen atoms in total. The Kier molecular flexibility index (Phi) is 8.78. The molecular formula is C31H53ClN2P2+2. The molecule has 0 aliphatic rings. The molecule has 5 heteroatoms. The lowest BCUT2D eigenvalue weighted by molar-refractivity contribution is 0.660. The number of halogens is 1. The fourth-order valence-electron chi connectivity index (χ4n) is 7.40. The highest BCUT2D eigenvalue weighted by molar-refractivity contribution is 8.14. The zero-order valence-corrected chi connectivity index (χ0v) is 28.3. The standard InChI is InChI=1S/C31H53ClN2P2/c1-28(2,3)35(29(4,5)6,26-20-16-24(17-21-26)33(12)13)31(10,11)36(32,30(7,8)9)27-22-18-25(19-23-27)34(14)15/h16-23H,1-15H3/q+2. The van der Waals surface area contributed by atoms with Gasteiger partial charge in [-0.3, -0.25) is 0 Å². The highest BCUT2D eigenvalue weighted by Crippen LogP contribution is 2.97. The van der Waals surface area contributed by atoms with E-state index in [4.69, 9.17) is 11.2 Å². The van der Waals surface area contributed by atoms with Gasteiger partial charge in [-0.2, -0.15) is 0 Å². The Bertz CT molecular complexity index is 1010. The van der Waals surface area contributed by atoms with Crippen molar-refractivity contribution in [2.75, 3.05) is 38.0 Å². The second-order valence-electron chi connectivity index (χ2n) is 14.1. The molecule has 0 fully saturated rings. The first kappa shape index (κ1) is 31.4. The molecule has 0 radical (unpaired) electrons. The predicted molar refractivity (Wildman–Crippen MR) is 174 cm³/mol. The summed E-state index contributed by atoms with van der Waals surface area (Å²) in [4.78, 5) is 4.20. The van der Waals surface area contributed by atoms with Gasteiger partial charge in [0.05, 0.1) is 32.0 Å². The molecule has 1 unspecified atom stereocenters. The summed E-state index contributed by atoms with van der Waals surface area (Å²) in [6, 6.07) is 18.6. The Morgan fingerprint density at radius 3 is 1.06 bits per heavy atom. The van der Waals surface area contributed by atoms with Gasteiger partial charge in [-0.05, 0) is 111 Å². The van der Waals surface area contributed by atoms with Crippen LogP contribution in [0.15, 0.2) is 48.5 Å². The first-order valence-corrected chi connectivity index (χ1v) is 17.6. The van der Waals surface area contributed by atoms with Crippen molar-refractivity contribution in [1.82, 2.24) is 0 Å². The normalized spacial score (nSPS) is 15.4. The molecule has 2 aromatic rings. The van der Waals surface area contributed by atoms with Crippen LogP contribution in [0.3, 0.4) is 0 Å². The molecular weight excluding hydrogens is 498 g/mol. The number of rotatable bonds is 6. The Morgan fingerprint density at radius 2 is 0.806 bits per heavy atom. The summed E-state index contributed by atoms with van der Waals surface area (Å²) in [6.07, 6.45) is 0. The molecule has 0 spiro atoms. The third kappa shape index (κ3) is 4.85. The summed E-state index contributed by atoms with van der Waals surface area (Å²) < 4.78 is 0. The molecule has 202 valence electrons. The second-order valence-corrected chi connectivity index (χ2v) is 25.8. The van der Waals surface area contributed by atoms with E-state index in [-0.39, 0.29) is 20.4 Å². The highest BCUT2D eigenvalue weighted by atomic mass is 35.7. The molecule has 0 aliphatic carbocycles. The van der Waals surface area contributed by atoms with Crippen molar-refractivity contribution in [3.05, 3.63) is 48.5 Å². The van der Waals surface area contributed by atoms with Crippen LogP contribution in [-0.2, 0) is 0 Å². The number of hydrogen-bond donors (Lipinski definition) is 0. The molecule has 0 saturated heterocycles. The van der Waals surface area contributed by atoms with E-state index in [2.05, 4.69) is 163 Å². The van der Waals surface area contributed by atoms with Gasteiger partial charge in [0.25, 0.3) is 0 Å². The van der Waals surface area contributed by atoms with Gasteiger partial charge in [-0.15, -0.1) is 0 Å². The number of hydrogen-bond acceptors (Lipinski definition) is 2. The van der Waals surface area contributed by atoms with Crippen molar-refractivity contribution in [3.63, 3.8) is 0 Å². The molecule has 0 heterocycles. The van der Waals surface area contributed by atoms with Gasteiger partial charge in [0, 0.05) is 53.4 Å². The van der Waals surface area contributed by atoms with E-state index in [0.29, 0.717) is 0 Å². The van der Waals surface area contributed by atoms with Crippen molar-refractivity contribution in [3.8, 4) is 0 Å². The van der Waals surface area contributed by atoms with Gasteiger partial charge in [0.1, 0.15) is 12.6 Å². The van der Waals surface area contributed by atoms with E-state index in [9.17, 15) is 0 Å². The zero-order chi connectivity index (χ0) is 28.1. The van der Waals surface area contributed by atoms with Crippen LogP contribution in [0.25, 0.3) is 0 Å². The van der Waals surface area contributed by atoms with E-state index in [1.54, 1.807) is 0 Å². The monoisotopic (exact) mass is 550 g/mol. The topological polar surface area (TPSA) is 6.48 Å². The molecule has 0 N–H and O–H groups in total. The van der Waals surface area contributed by atoms with Gasteiger partial charge >= 0.3 is 0 Å². The first-order chi connectivity index (χ1) is 16.1. The predicted octanol–water partition coefficient (Wildman–Crippen LogP) is 9.09. The minimum atomic E-state index is -2.28. The summed E-state index contributed by atoms with van der Waals surface area (Å²) in [6.45, 7) is 24.6. The lowest BCUT2D eigenvalue weighted by Crippen LogP contribution is -2.54. The molecule has 0 bridgehead atoms. The molecule has 0 saturated carbocycles. The summed E-state index contributed by atoms with van der Waals surface area (Å²) in [7, 11) is 6.42. The molecule has 0 aromatic heterocycles. The van der Waals surface area contributed by atoms with Gasteiger partial charge in [-0.1, -0.05) is 0 Å². The lowest BCUT2D eigenvalue weighted by Gasteiger charge is -2.57. The van der Waals surface area contributed by atoms with Crippen LogP contribution in [0.1, 0.15) is 76.2 Å². The number of benzene rings is 2. The minimum absolute atomic E-state index is 0.0450. The van der Waals surface area contributed by atoms with Gasteiger partial charge in [0.15, 0.2) is 11.5 Å². The van der Waals surface area contributed by atoms with Crippen LogP contribution in [-0.4, -0.2) is 48.6 Å². The SMILES string of the molecule is CN(C)c1ccc([P+](Cl)(C(C)(C)C)C(C)(C)[P+](c2ccc(N(C)C)cc2)(C(C)(C)C)C(C)(C)C)cc1. The number of anilines is 2. The average Bonchev–Trinajstić information content (AvgIpc) is 2.70. The molecule has 36 heavy (non-hydrogen) atoms. The Morgan fingerprint density at radius 1 is 0.500 bits per heavy atom. The van der Waals surface area contributed by atoms with Gasteiger partial charge < -0.3 is 9.80 Å². The van der Waals surface area contributed by atoms with Gasteiger partial charge in [0.2, 0.25) is 0 Å². The Balaban J connectivity index is 3.05. The van der Waals surface area contributed by atoms with Crippen molar-refractivity contribution in [1.29, 1.82) is 0 Å². The van der Waals surface area contributed by atoms with E-state index in [1.807, 2.05) is 0 Å². The van der Waals surface area contributed by atoms with Crippen LogP contribution in [0.5, 0.6) is 0 Å². The fourth-order valence-corrected chi connectivity index (χ4v) is 25.5. The lowest BCUT2D eigenvalue weighted by atomic mass is 10.2. The Hall–Kier alpha value is -0.810. The van der Waals surface area contributed by atoms with Crippen LogP contribution in [0.2, 0.25) is 0 Å². The van der Waals surface area contributed by atoms with E-state index < -0.39 is 13.9 Å². The van der Waals surface area contributed by atoms with Gasteiger partial charge in [-0.25, -0.2) is 0 Å². The zero-order valence-electron chi connectivity index (χ0n) is 25.8. The maximum absolute atomic E-state index is 8.31. The largest absolute Gasteiger partial charge is 0.378 e. The summed E-state index contributed by atoms with van der Waals surface area (Å²) in [5.41, 5.74) is 2.44. The fraction of sp³-hybridized carbons (Fsp3) is 0.613. The van der Waals surface area contributed by atoms with Crippen molar-refractivity contribution in [2.45, 2.75) is 96.5 Å². The van der Waals surface area contributed by atoms with E-state index in [1.165, 1.54) is 22.0 Å². The minimum Gasteiger partial charge on any atom is -0.378 e. The summed E-state index contributed by atoms with van der Waals surface area (Å²) >= 11 is 8.31. The molecule has 1 atom stereocenters. The number of nitrogens with zero attached hydrogens (tertiary/aromatic N) is 2. The van der Waals surface area contributed by atoms with Crippen LogP contribution < -0.4 is 20.4 Å². The average molecular weight is 551 g/mol. The second kappa shape index (κ2) is 10.1. The quantitative estimate of drug-likeness (QED) is 0.331. The summed E-state index contributed by atoms with van der Waals surface area (Å²) in [5.74, 6) is 0. The Labute approximate surface area is 229 Å². The maximum atomic E-state index is 8.31. The first-order valence-electron chi connectivity index (χ1n) is 13.1. The maximum Gasteiger partial charge on any atom is 0.198 e. The van der Waals surface area contributed by atoms with Crippen molar-refractivity contribution < 1.29 is 0 Å². The highest BCUT2D eigenvalue weighted by Gasteiger charge is 2.80. The molecule has 2 rings (SSSR count). The molecule has 2 aromatic carbocycles. The van der Waals surface area contributed by atoms with Crippen molar-refractivity contribution in [2.24, 2.45) is 0 Å². The van der Waals surface area contributed by atoms with Crippen molar-refractivity contribution >= 4 is 47.1 Å². The van der Waals surface area contributed by atoms with E-state index in [0.717, 1.165) is 0 Å². The third-order valence-corrected chi connectivity index (χ3v) is 24.6. The molecule has 0 aliphatic heterocycles. The smallest absolute Gasteiger partial charge is 0.198 e. The third-order valence-electron chi connectivity index (χ3n) is 7.99.